The summed E-state index contributed by atoms with van der Waals surface area (Å²) in [6.07, 6.45) is 2.99. The first-order chi connectivity index (χ1) is 9.31. The number of rotatable bonds is 0. The molecule has 19 heavy (non-hydrogen) atoms. The molecule has 0 aliphatic heterocycles. The number of nitrogens with one attached hydrogen (secondary N) is 1. The van der Waals surface area contributed by atoms with Crippen molar-refractivity contribution in [3.8, 4) is 6.07 Å². The number of halogens is 1. The number of fused-ring (bicyclic) bond motifs is 4. The van der Waals surface area contributed by atoms with Gasteiger partial charge in [0.25, 0.3) is 0 Å². The first kappa shape index (κ1) is 10.8. The smallest absolute Gasteiger partial charge is 0.235 e. The van der Waals surface area contributed by atoms with Crippen LogP contribution in [0.15, 0.2) is 24.3 Å². The highest BCUT2D eigenvalue weighted by molar-refractivity contribution is 6.29. The number of hydrogen-bond donors (Lipinski definition) is 1. The van der Waals surface area contributed by atoms with Crippen LogP contribution < -0.4 is 4.40 Å². The molecule has 0 saturated carbocycles. The maximum Gasteiger partial charge on any atom is 0.304 e. The molecule has 0 bridgehead atoms. The van der Waals surface area contributed by atoms with E-state index >= 15 is 0 Å². The van der Waals surface area contributed by atoms with Crippen molar-refractivity contribution in [2.24, 2.45) is 0 Å². The SMILES string of the molecule is N#Cc1c2c(c(Cl)[n+]3c1[nH]c1ccccc13)CCC2. The largest absolute Gasteiger partial charge is 0.304 e. The fourth-order valence-corrected chi connectivity index (χ4v) is 3.49. The zero-order chi connectivity index (χ0) is 13.0. The Hall–Kier alpha value is -2.05. The molecular weight excluding hydrogens is 258 g/mol. The van der Waals surface area contributed by atoms with Crippen LogP contribution in [0.25, 0.3) is 16.7 Å². The molecule has 1 N–H and O–H groups in total. The summed E-state index contributed by atoms with van der Waals surface area (Å²) in [6, 6.07) is 10.3. The van der Waals surface area contributed by atoms with Gasteiger partial charge in [-0.25, -0.2) is 4.98 Å². The van der Waals surface area contributed by atoms with E-state index in [1.54, 1.807) is 0 Å². The van der Waals surface area contributed by atoms with Crippen molar-refractivity contribution in [2.75, 3.05) is 0 Å². The van der Waals surface area contributed by atoms with E-state index < -0.39 is 0 Å². The fraction of sp³-hybridized carbons (Fsp3) is 0.200. The van der Waals surface area contributed by atoms with Crippen molar-refractivity contribution >= 4 is 28.3 Å². The second-order valence-corrected chi connectivity index (χ2v) is 5.27. The fourth-order valence-electron chi connectivity index (χ4n) is 3.10. The van der Waals surface area contributed by atoms with Crippen LogP contribution in [0.2, 0.25) is 5.15 Å². The Bertz CT molecular complexity index is 871. The van der Waals surface area contributed by atoms with Gasteiger partial charge in [-0.15, -0.1) is 0 Å². The molecule has 3 aromatic rings. The molecule has 1 aromatic carbocycles. The van der Waals surface area contributed by atoms with E-state index in [1.807, 2.05) is 28.7 Å². The molecule has 3 nitrogen and oxygen atoms in total. The summed E-state index contributed by atoms with van der Waals surface area (Å²) in [5.74, 6) is 0. The Morgan fingerprint density at radius 2 is 2.00 bits per heavy atom. The predicted octanol–water partition coefficient (Wildman–Crippen LogP) is 2.92. The van der Waals surface area contributed by atoms with Gasteiger partial charge in [0.2, 0.25) is 5.15 Å². The molecule has 1 aliphatic carbocycles. The highest BCUT2D eigenvalue weighted by atomic mass is 35.5. The monoisotopic (exact) mass is 268 g/mol. The average Bonchev–Trinajstić information content (AvgIpc) is 3.03. The molecule has 1 aliphatic rings. The van der Waals surface area contributed by atoms with Crippen LogP contribution in [-0.2, 0) is 12.8 Å². The average molecular weight is 269 g/mol. The van der Waals surface area contributed by atoms with Crippen LogP contribution in [0, 0.1) is 11.3 Å². The summed E-state index contributed by atoms with van der Waals surface area (Å²) in [5.41, 5.74) is 5.85. The molecule has 0 amide bonds. The van der Waals surface area contributed by atoms with Crippen LogP contribution in [-0.4, -0.2) is 4.98 Å². The second kappa shape index (κ2) is 3.72. The normalized spacial score (nSPS) is 13.9. The Balaban J connectivity index is 2.31. The lowest BCUT2D eigenvalue weighted by atomic mass is 10.1. The number of aromatic amines is 1. The molecule has 2 aromatic heterocycles. The van der Waals surface area contributed by atoms with Gasteiger partial charge in [0, 0.05) is 5.56 Å². The summed E-state index contributed by atoms with van der Waals surface area (Å²) in [4.78, 5) is 3.32. The molecule has 92 valence electrons. The molecular formula is C15H11ClN3+. The van der Waals surface area contributed by atoms with Crippen molar-refractivity contribution in [2.45, 2.75) is 19.3 Å². The Morgan fingerprint density at radius 3 is 2.84 bits per heavy atom. The number of imidazole rings is 1. The third-order valence-electron chi connectivity index (χ3n) is 3.94. The molecule has 0 saturated heterocycles. The van der Waals surface area contributed by atoms with Crippen molar-refractivity contribution in [3.63, 3.8) is 0 Å². The third kappa shape index (κ3) is 1.30. The minimum atomic E-state index is 0.744. The standard InChI is InChI=1S/C15H10ClN3/c16-14-10-5-3-4-9(10)11(8-17)15-18-12-6-1-2-7-13(12)19(14)15/h1-2,6-7H,3-5H2/p+1. The van der Waals surface area contributed by atoms with Crippen molar-refractivity contribution in [1.29, 1.82) is 5.26 Å². The lowest BCUT2D eigenvalue weighted by molar-refractivity contribution is -0.479. The highest BCUT2D eigenvalue weighted by Crippen LogP contribution is 2.31. The minimum Gasteiger partial charge on any atom is -0.235 e. The van der Waals surface area contributed by atoms with Crippen molar-refractivity contribution in [3.05, 3.63) is 46.1 Å². The zero-order valence-electron chi connectivity index (χ0n) is 10.2. The summed E-state index contributed by atoms with van der Waals surface area (Å²) >= 11 is 6.57. The van der Waals surface area contributed by atoms with Gasteiger partial charge in [-0.2, -0.15) is 9.66 Å². The topological polar surface area (TPSA) is 43.7 Å². The summed E-state index contributed by atoms with van der Waals surface area (Å²) in [7, 11) is 0. The minimum absolute atomic E-state index is 0.744. The lowest BCUT2D eigenvalue weighted by Gasteiger charge is -2.03. The number of para-hydroxylation sites is 2. The van der Waals surface area contributed by atoms with Gasteiger partial charge >= 0.3 is 5.65 Å². The van der Waals surface area contributed by atoms with Crippen molar-refractivity contribution < 1.29 is 4.40 Å². The Morgan fingerprint density at radius 1 is 1.21 bits per heavy atom. The van der Waals surface area contributed by atoms with E-state index in [9.17, 15) is 5.26 Å². The molecule has 0 atom stereocenters. The third-order valence-corrected chi connectivity index (χ3v) is 4.33. The predicted molar refractivity (Wildman–Crippen MR) is 73.2 cm³/mol. The molecule has 2 heterocycles. The van der Waals surface area contributed by atoms with Gasteiger partial charge in [-0.3, -0.25) is 0 Å². The maximum atomic E-state index is 9.49. The molecule has 4 rings (SSSR count). The number of H-pyrrole nitrogens is 1. The van der Waals surface area contributed by atoms with E-state index in [0.29, 0.717) is 0 Å². The quantitative estimate of drug-likeness (QED) is 0.494. The number of pyridine rings is 1. The second-order valence-electron chi connectivity index (χ2n) is 4.91. The van der Waals surface area contributed by atoms with Gasteiger partial charge in [0.1, 0.15) is 11.6 Å². The molecule has 4 heteroatoms. The van der Waals surface area contributed by atoms with Crippen molar-refractivity contribution in [1.82, 2.24) is 4.98 Å². The number of nitriles is 1. The van der Waals surface area contributed by atoms with Gasteiger partial charge in [-0.05, 0) is 48.6 Å². The first-order valence-corrected chi connectivity index (χ1v) is 6.75. The van der Waals surface area contributed by atoms with E-state index in [4.69, 9.17) is 11.6 Å². The lowest BCUT2D eigenvalue weighted by Crippen LogP contribution is -2.25. The Labute approximate surface area is 115 Å². The number of benzene rings is 1. The number of hydrogen-bond acceptors (Lipinski definition) is 1. The number of aromatic nitrogens is 2. The van der Waals surface area contributed by atoms with E-state index in [-0.39, 0.29) is 0 Å². The molecule has 0 unspecified atom stereocenters. The summed E-state index contributed by atoms with van der Waals surface area (Å²) in [6.45, 7) is 0. The van der Waals surface area contributed by atoms with Gasteiger partial charge in [0.15, 0.2) is 11.0 Å². The van der Waals surface area contributed by atoms with E-state index in [2.05, 4.69) is 11.1 Å². The van der Waals surface area contributed by atoms with Crippen LogP contribution in [0.4, 0.5) is 0 Å². The van der Waals surface area contributed by atoms with Crippen LogP contribution >= 0.6 is 11.6 Å². The first-order valence-electron chi connectivity index (χ1n) is 6.37. The molecule has 0 fully saturated rings. The van der Waals surface area contributed by atoms with E-state index in [0.717, 1.165) is 57.8 Å². The summed E-state index contributed by atoms with van der Waals surface area (Å²) < 4.78 is 1.97. The summed E-state index contributed by atoms with van der Waals surface area (Å²) in [5, 5.41) is 10.2. The van der Waals surface area contributed by atoms with Gasteiger partial charge < -0.3 is 0 Å². The van der Waals surface area contributed by atoms with Crippen LogP contribution in [0.5, 0.6) is 0 Å². The molecule has 0 radical (unpaired) electrons. The van der Waals surface area contributed by atoms with E-state index in [1.165, 1.54) is 0 Å². The highest BCUT2D eigenvalue weighted by Gasteiger charge is 2.29. The Kier molecular flexibility index (Phi) is 2.12. The van der Waals surface area contributed by atoms with Crippen LogP contribution in [0.3, 0.4) is 0 Å². The zero-order valence-corrected chi connectivity index (χ0v) is 11.0. The van der Waals surface area contributed by atoms with Crippen LogP contribution in [0.1, 0.15) is 23.1 Å². The molecule has 0 spiro atoms. The van der Waals surface area contributed by atoms with Gasteiger partial charge in [-0.1, -0.05) is 12.1 Å². The van der Waals surface area contributed by atoms with Gasteiger partial charge in [0.05, 0.1) is 0 Å². The maximum absolute atomic E-state index is 9.49. The number of nitrogens with zero attached hydrogens (tertiary/aromatic N) is 2.